The monoisotopic (exact) mass is 313 g/mol. The van der Waals surface area contributed by atoms with Crippen LogP contribution in [0.4, 0.5) is 0 Å². The van der Waals surface area contributed by atoms with Gasteiger partial charge in [0.25, 0.3) is 5.91 Å². The van der Waals surface area contributed by atoms with Crippen molar-refractivity contribution < 1.29 is 4.79 Å². The first-order valence-electron chi connectivity index (χ1n) is 8.45. The van der Waals surface area contributed by atoms with E-state index in [1.807, 2.05) is 23.6 Å². The largest absolute Gasteiger partial charge is 0.330 e. The van der Waals surface area contributed by atoms with E-state index in [4.69, 9.17) is 0 Å². The molecule has 1 N–H and O–H groups in total. The molecule has 0 unspecified atom stereocenters. The second-order valence-corrected chi connectivity index (χ2v) is 6.75. The zero-order chi connectivity index (χ0) is 16.1. The van der Waals surface area contributed by atoms with Crippen LogP contribution < -0.4 is 0 Å². The summed E-state index contributed by atoms with van der Waals surface area (Å²) in [6.07, 6.45) is 5.15. The Hall–Kier alpha value is -2.11. The summed E-state index contributed by atoms with van der Waals surface area (Å²) >= 11 is 0. The third-order valence-corrected chi connectivity index (χ3v) is 5.42. The first kappa shape index (κ1) is 14.5. The molecule has 1 amide bonds. The number of aryl methyl sites for hydroxylation is 3. The van der Waals surface area contributed by atoms with Crippen molar-refractivity contribution in [2.75, 3.05) is 6.54 Å². The molecule has 1 atom stereocenters. The first-order valence-corrected chi connectivity index (χ1v) is 8.45. The van der Waals surface area contributed by atoms with Gasteiger partial charge >= 0.3 is 0 Å². The van der Waals surface area contributed by atoms with Gasteiger partial charge in [-0.1, -0.05) is 0 Å². The Morgan fingerprint density at radius 1 is 1.26 bits per heavy atom. The minimum atomic E-state index is 0.0783. The minimum absolute atomic E-state index is 0.0783. The van der Waals surface area contributed by atoms with Crippen LogP contribution in [0.15, 0.2) is 0 Å². The Balaban J connectivity index is 1.69. The van der Waals surface area contributed by atoms with Gasteiger partial charge in [0, 0.05) is 36.1 Å². The number of hydrogen-bond acceptors (Lipinski definition) is 3. The average molecular weight is 313 g/mol. The van der Waals surface area contributed by atoms with Crippen LogP contribution in [-0.4, -0.2) is 37.3 Å². The molecule has 6 heteroatoms. The number of carbonyl (C=O) groups excluding carboxylic acids is 1. The molecule has 6 nitrogen and oxygen atoms in total. The lowest BCUT2D eigenvalue weighted by atomic mass is 10.0. The lowest BCUT2D eigenvalue weighted by molar-refractivity contribution is 0.0728. The fourth-order valence-corrected chi connectivity index (χ4v) is 4.21. The molecular formula is C17H23N5O. The number of aromatic nitrogens is 4. The van der Waals surface area contributed by atoms with Crippen molar-refractivity contribution >= 4 is 5.91 Å². The highest BCUT2D eigenvalue weighted by atomic mass is 16.2. The topological polar surface area (TPSA) is 66.8 Å². The molecule has 0 spiro atoms. The number of H-pyrrole nitrogens is 1. The van der Waals surface area contributed by atoms with E-state index in [-0.39, 0.29) is 11.9 Å². The molecule has 0 saturated carbocycles. The van der Waals surface area contributed by atoms with Gasteiger partial charge < -0.3 is 4.90 Å². The summed E-state index contributed by atoms with van der Waals surface area (Å²) in [4.78, 5) is 15.1. The summed E-state index contributed by atoms with van der Waals surface area (Å²) in [6.45, 7) is 4.93. The molecule has 1 fully saturated rings. The molecule has 23 heavy (non-hydrogen) atoms. The molecule has 1 aliphatic heterocycles. The second kappa shape index (κ2) is 5.22. The maximum absolute atomic E-state index is 13.1. The number of fused-ring (bicyclic) bond motifs is 1. The number of aromatic amines is 1. The highest BCUT2D eigenvalue weighted by Crippen LogP contribution is 2.37. The standard InChI is InChI=1S/C17H23N5O/c1-10-15(11(2)21(3)20-10)14-8-5-9-22(14)17(23)16-12-6-4-7-13(12)18-19-16/h14H,4-9H2,1-3H3,(H,18,19)/t14-/m0/s1. The highest BCUT2D eigenvalue weighted by Gasteiger charge is 2.36. The molecule has 2 aromatic heterocycles. The summed E-state index contributed by atoms with van der Waals surface area (Å²) in [6, 6.07) is 0.130. The van der Waals surface area contributed by atoms with Crippen molar-refractivity contribution in [3.05, 3.63) is 33.9 Å². The molecule has 0 aromatic carbocycles. The van der Waals surface area contributed by atoms with Gasteiger partial charge in [-0.05, 0) is 46.0 Å². The maximum Gasteiger partial charge on any atom is 0.275 e. The molecule has 3 heterocycles. The zero-order valence-electron chi connectivity index (χ0n) is 14.0. The molecule has 122 valence electrons. The predicted molar refractivity (Wildman–Crippen MR) is 86.3 cm³/mol. The number of amides is 1. The maximum atomic E-state index is 13.1. The van der Waals surface area contributed by atoms with E-state index < -0.39 is 0 Å². The van der Waals surface area contributed by atoms with Crippen LogP contribution in [0.2, 0.25) is 0 Å². The molecule has 4 rings (SSSR count). The predicted octanol–water partition coefficient (Wildman–Crippen LogP) is 2.23. The van der Waals surface area contributed by atoms with Crippen molar-refractivity contribution in [1.29, 1.82) is 0 Å². The number of rotatable bonds is 2. The van der Waals surface area contributed by atoms with Gasteiger partial charge in [0.1, 0.15) is 0 Å². The lowest BCUT2D eigenvalue weighted by Gasteiger charge is -2.25. The van der Waals surface area contributed by atoms with Crippen molar-refractivity contribution in [3.63, 3.8) is 0 Å². The smallest absolute Gasteiger partial charge is 0.275 e. The van der Waals surface area contributed by atoms with Gasteiger partial charge in [0.2, 0.25) is 0 Å². The van der Waals surface area contributed by atoms with Crippen LogP contribution in [0.5, 0.6) is 0 Å². The van der Waals surface area contributed by atoms with Crippen molar-refractivity contribution in [2.24, 2.45) is 7.05 Å². The van der Waals surface area contributed by atoms with Crippen LogP contribution in [0, 0.1) is 13.8 Å². The Morgan fingerprint density at radius 2 is 2.09 bits per heavy atom. The molecule has 0 bridgehead atoms. The first-order chi connectivity index (χ1) is 11.1. The number of nitrogens with one attached hydrogen (secondary N) is 1. The lowest BCUT2D eigenvalue weighted by Crippen LogP contribution is -2.32. The van der Waals surface area contributed by atoms with E-state index in [2.05, 4.69) is 22.2 Å². The normalized spacial score (nSPS) is 20.3. The number of carbonyl (C=O) groups is 1. The summed E-state index contributed by atoms with van der Waals surface area (Å²) in [5.74, 6) is 0.0783. The van der Waals surface area contributed by atoms with Gasteiger partial charge in [-0.25, -0.2) is 0 Å². The Morgan fingerprint density at radius 3 is 2.83 bits per heavy atom. The number of likely N-dealkylation sites (tertiary alicyclic amines) is 1. The molecule has 1 aliphatic carbocycles. The summed E-state index contributed by atoms with van der Waals surface area (Å²) in [7, 11) is 1.97. The molecule has 2 aromatic rings. The van der Waals surface area contributed by atoms with E-state index in [9.17, 15) is 4.79 Å². The minimum Gasteiger partial charge on any atom is -0.330 e. The molecule has 0 radical (unpaired) electrons. The second-order valence-electron chi connectivity index (χ2n) is 6.75. The Bertz CT molecular complexity index is 772. The van der Waals surface area contributed by atoms with Gasteiger partial charge in [-0.2, -0.15) is 10.2 Å². The van der Waals surface area contributed by atoms with Gasteiger partial charge in [0.15, 0.2) is 5.69 Å². The van der Waals surface area contributed by atoms with Gasteiger partial charge in [-0.15, -0.1) is 0 Å². The van der Waals surface area contributed by atoms with Crippen LogP contribution in [0.3, 0.4) is 0 Å². The van der Waals surface area contributed by atoms with Crippen LogP contribution in [-0.2, 0) is 19.9 Å². The summed E-state index contributed by atoms with van der Waals surface area (Å²) in [5.41, 5.74) is 6.33. The average Bonchev–Trinajstić information content (AvgIpc) is 3.24. The van der Waals surface area contributed by atoms with Crippen molar-refractivity contribution in [1.82, 2.24) is 24.9 Å². The SMILES string of the molecule is Cc1nn(C)c(C)c1[C@@H]1CCCN1C(=O)c1n[nH]c2c1CCC2. The Kier molecular flexibility index (Phi) is 3.28. The van der Waals surface area contributed by atoms with E-state index in [0.29, 0.717) is 5.69 Å². The van der Waals surface area contributed by atoms with Gasteiger partial charge in [-0.3, -0.25) is 14.6 Å². The van der Waals surface area contributed by atoms with E-state index in [0.717, 1.165) is 61.3 Å². The molecule has 1 saturated heterocycles. The zero-order valence-corrected chi connectivity index (χ0v) is 14.0. The van der Waals surface area contributed by atoms with Crippen LogP contribution in [0.1, 0.15) is 64.0 Å². The summed E-state index contributed by atoms with van der Waals surface area (Å²) in [5, 5.41) is 11.9. The highest BCUT2D eigenvalue weighted by molar-refractivity contribution is 5.94. The van der Waals surface area contributed by atoms with E-state index in [1.165, 1.54) is 5.56 Å². The van der Waals surface area contributed by atoms with Gasteiger partial charge in [0.05, 0.1) is 11.7 Å². The van der Waals surface area contributed by atoms with Crippen LogP contribution in [0.25, 0.3) is 0 Å². The number of hydrogen-bond donors (Lipinski definition) is 1. The summed E-state index contributed by atoms with van der Waals surface area (Å²) < 4.78 is 1.91. The Labute approximate surface area is 135 Å². The molecular weight excluding hydrogens is 290 g/mol. The quantitative estimate of drug-likeness (QED) is 0.924. The van der Waals surface area contributed by atoms with Crippen LogP contribution >= 0.6 is 0 Å². The third kappa shape index (κ3) is 2.11. The third-order valence-electron chi connectivity index (χ3n) is 5.42. The molecule has 2 aliphatic rings. The van der Waals surface area contributed by atoms with E-state index >= 15 is 0 Å². The fourth-order valence-electron chi connectivity index (χ4n) is 4.21. The fraction of sp³-hybridized carbons (Fsp3) is 0.588. The van der Waals surface area contributed by atoms with Crippen molar-refractivity contribution in [2.45, 2.75) is 52.0 Å². The number of nitrogens with zero attached hydrogens (tertiary/aromatic N) is 4. The van der Waals surface area contributed by atoms with E-state index in [1.54, 1.807) is 0 Å². The van der Waals surface area contributed by atoms with Crippen molar-refractivity contribution in [3.8, 4) is 0 Å².